The first-order chi connectivity index (χ1) is 11.4. The summed E-state index contributed by atoms with van der Waals surface area (Å²) < 4.78 is 7.63. The van der Waals surface area contributed by atoms with Gasteiger partial charge in [0.15, 0.2) is 6.61 Å². The Morgan fingerprint density at radius 2 is 1.79 bits per heavy atom. The number of carbonyl (C=O) groups is 3. The molecule has 24 heavy (non-hydrogen) atoms. The van der Waals surface area contributed by atoms with Crippen LogP contribution in [0.15, 0.2) is 29.1 Å². The lowest BCUT2D eigenvalue weighted by Crippen LogP contribution is -2.38. The van der Waals surface area contributed by atoms with Gasteiger partial charge in [-0.25, -0.2) is 9.59 Å². The van der Waals surface area contributed by atoms with Crippen molar-refractivity contribution in [1.29, 1.82) is 0 Å². The van der Waals surface area contributed by atoms with E-state index in [0.29, 0.717) is 12.1 Å². The number of imidazole rings is 1. The largest absolute Gasteiger partial charge is 0.454 e. The molecule has 0 aliphatic heterocycles. The van der Waals surface area contributed by atoms with Crippen molar-refractivity contribution in [2.75, 3.05) is 6.61 Å². The van der Waals surface area contributed by atoms with Crippen molar-refractivity contribution in [3.05, 3.63) is 34.7 Å². The van der Waals surface area contributed by atoms with Gasteiger partial charge >= 0.3 is 17.7 Å². The van der Waals surface area contributed by atoms with Gasteiger partial charge in [0.1, 0.15) is 6.54 Å². The third-order valence-corrected chi connectivity index (χ3v) is 3.29. The van der Waals surface area contributed by atoms with Crippen molar-refractivity contribution in [3.8, 4) is 0 Å². The minimum atomic E-state index is -1.03. The number of hydrogen-bond donors (Lipinski definition) is 2. The molecule has 2 aromatic rings. The van der Waals surface area contributed by atoms with Crippen molar-refractivity contribution >= 4 is 28.9 Å². The topological polar surface area (TPSA) is 125 Å². The highest BCUT2D eigenvalue weighted by Gasteiger charge is 2.16. The van der Waals surface area contributed by atoms with Gasteiger partial charge in [-0.05, 0) is 18.6 Å². The van der Waals surface area contributed by atoms with E-state index in [-0.39, 0.29) is 12.2 Å². The second-order valence-corrected chi connectivity index (χ2v) is 5.08. The number of benzene rings is 1. The molecule has 1 aromatic heterocycles. The third-order valence-electron chi connectivity index (χ3n) is 3.29. The average Bonchev–Trinajstić information content (AvgIpc) is 2.79. The smallest absolute Gasteiger partial charge is 0.329 e. The maximum Gasteiger partial charge on any atom is 0.329 e. The number of fused-ring (bicyclic) bond motifs is 1. The Hall–Kier alpha value is -3.10. The molecule has 3 N–H and O–H groups in total. The molecule has 0 atom stereocenters. The molecule has 3 amide bonds. The number of ether oxygens (including phenoxy) is 1. The molecule has 0 fully saturated rings. The number of urea groups is 1. The van der Waals surface area contributed by atoms with Crippen molar-refractivity contribution in [1.82, 2.24) is 14.5 Å². The summed E-state index contributed by atoms with van der Waals surface area (Å²) in [5.74, 6) is -1.60. The predicted octanol–water partition coefficient (Wildman–Crippen LogP) is -0.0489. The highest BCUT2D eigenvalue weighted by atomic mass is 16.5. The number of carbonyl (C=O) groups excluding carboxylic acids is 3. The Bertz CT molecular complexity index is 836. The standard InChI is InChI=1S/C15H18N4O5/c1-2-7-18-10-5-3-4-6-11(10)19(15(18)23)8-13(21)24-9-12(20)17-14(16)22/h3-6H,2,7-9H2,1H3,(H3,16,17,20,22). The van der Waals surface area contributed by atoms with Crippen molar-refractivity contribution in [2.45, 2.75) is 26.4 Å². The number of nitrogens with zero attached hydrogens (tertiary/aromatic N) is 2. The van der Waals surface area contributed by atoms with E-state index in [9.17, 15) is 19.2 Å². The number of aryl methyl sites for hydroxylation is 1. The summed E-state index contributed by atoms with van der Waals surface area (Å²) in [6.45, 7) is 1.50. The zero-order valence-corrected chi connectivity index (χ0v) is 13.2. The van der Waals surface area contributed by atoms with Crippen LogP contribution in [0.5, 0.6) is 0 Å². The minimum absolute atomic E-state index is 0.323. The second kappa shape index (κ2) is 7.44. The SMILES string of the molecule is CCCn1c(=O)n(CC(=O)OCC(=O)NC(N)=O)c2ccccc21. The summed E-state index contributed by atoms with van der Waals surface area (Å²) >= 11 is 0. The van der Waals surface area contributed by atoms with E-state index >= 15 is 0 Å². The first-order valence-corrected chi connectivity index (χ1v) is 7.37. The summed E-state index contributed by atoms with van der Waals surface area (Å²) in [6.07, 6.45) is 0.769. The number of aromatic nitrogens is 2. The van der Waals surface area contributed by atoms with Gasteiger partial charge in [-0.1, -0.05) is 19.1 Å². The van der Waals surface area contributed by atoms with Gasteiger partial charge in [0.25, 0.3) is 5.91 Å². The molecule has 0 spiro atoms. The van der Waals surface area contributed by atoms with Crippen LogP contribution in [0.3, 0.4) is 0 Å². The summed E-state index contributed by atoms with van der Waals surface area (Å²) in [4.78, 5) is 46.1. The summed E-state index contributed by atoms with van der Waals surface area (Å²) in [5, 5.41) is 1.77. The maximum atomic E-state index is 12.5. The number of amides is 3. The number of hydrogen-bond acceptors (Lipinski definition) is 5. The third kappa shape index (κ3) is 3.80. The fourth-order valence-corrected chi connectivity index (χ4v) is 2.36. The van der Waals surface area contributed by atoms with Gasteiger partial charge in [-0.15, -0.1) is 0 Å². The van der Waals surface area contributed by atoms with Gasteiger partial charge in [-0.2, -0.15) is 0 Å². The summed E-state index contributed by atoms with van der Waals surface area (Å²) in [6, 6.07) is 6.07. The number of nitrogens with one attached hydrogen (secondary N) is 1. The molecule has 128 valence electrons. The Balaban J connectivity index is 2.16. The van der Waals surface area contributed by atoms with E-state index in [1.807, 2.05) is 13.0 Å². The van der Waals surface area contributed by atoms with Gasteiger partial charge in [-0.3, -0.25) is 24.0 Å². The number of primary amides is 1. The van der Waals surface area contributed by atoms with E-state index in [1.165, 1.54) is 4.57 Å². The average molecular weight is 334 g/mol. The van der Waals surface area contributed by atoms with Crippen molar-refractivity contribution in [3.63, 3.8) is 0 Å². The molecule has 0 saturated heterocycles. The van der Waals surface area contributed by atoms with Gasteiger partial charge < -0.3 is 10.5 Å². The lowest BCUT2D eigenvalue weighted by Gasteiger charge is -2.05. The molecular formula is C15H18N4O5. The Morgan fingerprint density at radius 1 is 1.17 bits per heavy atom. The molecule has 9 heteroatoms. The van der Waals surface area contributed by atoms with Crippen LogP contribution in [0, 0.1) is 0 Å². The number of rotatable bonds is 6. The zero-order chi connectivity index (χ0) is 17.7. The van der Waals surface area contributed by atoms with Crippen molar-refractivity contribution in [2.24, 2.45) is 5.73 Å². The second-order valence-electron chi connectivity index (χ2n) is 5.08. The molecule has 0 aliphatic carbocycles. The number of imide groups is 1. The lowest BCUT2D eigenvalue weighted by molar-refractivity contribution is -0.148. The van der Waals surface area contributed by atoms with E-state index in [2.05, 4.69) is 0 Å². The summed E-state index contributed by atoms with van der Waals surface area (Å²) in [5.41, 5.74) is 5.79. The van der Waals surface area contributed by atoms with E-state index in [0.717, 1.165) is 11.9 Å². The normalized spacial score (nSPS) is 10.5. The van der Waals surface area contributed by atoms with E-state index in [4.69, 9.17) is 10.5 Å². The molecule has 1 aromatic carbocycles. The first kappa shape index (κ1) is 17.3. The van der Waals surface area contributed by atoms with Crippen LogP contribution in [0.25, 0.3) is 11.0 Å². The predicted molar refractivity (Wildman–Crippen MR) is 85.2 cm³/mol. The molecule has 0 radical (unpaired) electrons. The number of nitrogens with two attached hydrogens (primary N) is 1. The Labute approximate surface area is 137 Å². The number of esters is 1. The minimum Gasteiger partial charge on any atom is -0.454 e. The molecule has 9 nitrogen and oxygen atoms in total. The first-order valence-electron chi connectivity index (χ1n) is 7.37. The molecule has 0 unspecified atom stereocenters. The molecular weight excluding hydrogens is 316 g/mol. The Kier molecular flexibility index (Phi) is 5.35. The van der Waals surface area contributed by atoms with Gasteiger partial charge in [0, 0.05) is 6.54 Å². The zero-order valence-electron chi connectivity index (χ0n) is 13.2. The number of para-hydroxylation sites is 2. The van der Waals surface area contributed by atoms with Crippen LogP contribution in [0.2, 0.25) is 0 Å². The van der Waals surface area contributed by atoms with Crippen LogP contribution in [-0.2, 0) is 27.4 Å². The highest BCUT2D eigenvalue weighted by molar-refractivity contribution is 5.94. The van der Waals surface area contributed by atoms with E-state index < -0.39 is 24.5 Å². The summed E-state index contributed by atoms with van der Waals surface area (Å²) in [7, 11) is 0. The molecule has 1 heterocycles. The Morgan fingerprint density at radius 3 is 2.38 bits per heavy atom. The van der Waals surface area contributed by atoms with E-state index in [1.54, 1.807) is 28.1 Å². The fourth-order valence-electron chi connectivity index (χ4n) is 2.36. The highest BCUT2D eigenvalue weighted by Crippen LogP contribution is 2.13. The van der Waals surface area contributed by atoms with Gasteiger partial charge in [0.2, 0.25) is 0 Å². The maximum absolute atomic E-state index is 12.5. The van der Waals surface area contributed by atoms with Crippen molar-refractivity contribution < 1.29 is 19.1 Å². The molecule has 2 rings (SSSR count). The van der Waals surface area contributed by atoms with Crippen LogP contribution in [-0.4, -0.2) is 33.6 Å². The fraction of sp³-hybridized carbons (Fsp3) is 0.333. The van der Waals surface area contributed by atoms with Crippen LogP contribution >= 0.6 is 0 Å². The molecule has 0 aliphatic rings. The quantitative estimate of drug-likeness (QED) is 0.717. The van der Waals surface area contributed by atoms with Crippen LogP contribution in [0.4, 0.5) is 4.79 Å². The van der Waals surface area contributed by atoms with Crippen LogP contribution in [0.1, 0.15) is 13.3 Å². The monoisotopic (exact) mass is 334 g/mol. The lowest BCUT2D eigenvalue weighted by atomic mass is 10.3. The molecule has 0 saturated carbocycles. The molecule has 0 bridgehead atoms. The van der Waals surface area contributed by atoms with Crippen LogP contribution < -0.4 is 16.7 Å². The van der Waals surface area contributed by atoms with Gasteiger partial charge in [0.05, 0.1) is 11.0 Å².